The number of carbonyl (C=O) groups excluding carboxylic acids is 1. The fourth-order valence-electron chi connectivity index (χ4n) is 2.30. The number of amides is 1. The first-order valence-corrected chi connectivity index (χ1v) is 8.17. The van der Waals surface area contributed by atoms with E-state index in [1.807, 2.05) is 13.0 Å². The first-order valence-electron chi connectivity index (χ1n) is 7.42. The number of rotatable bonds is 8. The van der Waals surface area contributed by atoms with Crippen molar-refractivity contribution >= 4 is 29.1 Å². The lowest BCUT2D eigenvalue weighted by molar-refractivity contribution is -0.122. The molecular weight excluding hydrogens is 307 g/mol. The van der Waals surface area contributed by atoms with Crippen molar-refractivity contribution in [2.45, 2.75) is 45.6 Å². The SMILES string of the molecule is CCC(CCN)CCC(=O)NC(C)c1ccc(Cl)c(Cl)c1. The van der Waals surface area contributed by atoms with Gasteiger partial charge in [0.25, 0.3) is 0 Å². The Morgan fingerprint density at radius 2 is 2.00 bits per heavy atom. The predicted molar refractivity (Wildman–Crippen MR) is 89.7 cm³/mol. The van der Waals surface area contributed by atoms with Gasteiger partial charge in [-0.25, -0.2) is 0 Å². The molecule has 1 rings (SSSR count). The highest BCUT2D eigenvalue weighted by molar-refractivity contribution is 6.42. The lowest BCUT2D eigenvalue weighted by Crippen LogP contribution is -2.27. The van der Waals surface area contributed by atoms with E-state index in [1.165, 1.54) is 0 Å². The third-order valence-electron chi connectivity index (χ3n) is 3.75. The van der Waals surface area contributed by atoms with Gasteiger partial charge in [0, 0.05) is 6.42 Å². The van der Waals surface area contributed by atoms with E-state index >= 15 is 0 Å². The van der Waals surface area contributed by atoms with Gasteiger partial charge >= 0.3 is 0 Å². The van der Waals surface area contributed by atoms with E-state index in [9.17, 15) is 4.79 Å². The Morgan fingerprint density at radius 1 is 1.29 bits per heavy atom. The molecule has 0 aliphatic rings. The average molecular weight is 331 g/mol. The van der Waals surface area contributed by atoms with Gasteiger partial charge in [-0.05, 0) is 49.9 Å². The molecule has 0 aromatic heterocycles. The fraction of sp³-hybridized carbons (Fsp3) is 0.562. The molecule has 0 bridgehead atoms. The lowest BCUT2D eigenvalue weighted by atomic mass is 9.96. The van der Waals surface area contributed by atoms with E-state index < -0.39 is 0 Å². The lowest BCUT2D eigenvalue weighted by Gasteiger charge is -2.17. The molecule has 2 unspecified atom stereocenters. The number of hydrogen-bond acceptors (Lipinski definition) is 2. The van der Waals surface area contributed by atoms with Crippen LogP contribution in [0.2, 0.25) is 10.0 Å². The van der Waals surface area contributed by atoms with Crippen molar-refractivity contribution in [3.05, 3.63) is 33.8 Å². The molecule has 3 N–H and O–H groups in total. The van der Waals surface area contributed by atoms with Crippen LogP contribution < -0.4 is 11.1 Å². The maximum Gasteiger partial charge on any atom is 0.220 e. The summed E-state index contributed by atoms with van der Waals surface area (Å²) in [4.78, 5) is 12.0. The monoisotopic (exact) mass is 330 g/mol. The average Bonchev–Trinajstić information content (AvgIpc) is 2.46. The van der Waals surface area contributed by atoms with Crippen LogP contribution in [0.1, 0.15) is 51.1 Å². The van der Waals surface area contributed by atoms with Crippen LogP contribution in [0.15, 0.2) is 18.2 Å². The zero-order valence-electron chi connectivity index (χ0n) is 12.7. The minimum Gasteiger partial charge on any atom is -0.350 e. The van der Waals surface area contributed by atoms with Crippen molar-refractivity contribution in [1.29, 1.82) is 0 Å². The number of nitrogens with one attached hydrogen (secondary N) is 1. The second-order valence-corrected chi connectivity index (χ2v) is 6.17. The van der Waals surface area contributed by atoms with Gasteiger partial charge < -0.3 is 11.1 Å². The number of hydrogen-bond donors (Lipinski definition) is 2. The largest absolute Gasteiger partial charge is 0.350 e. The zero-order chi connectivity index (χ0) is 15.8. The zero-order valence-corrected chi connectivity index (χ0v) is 14.2. The van der Waals surface area contributed by atoms with Crippen molar-refractivity contribution in [1.82, 2.24) is 5.32 Å². The maximum atomic E-state index is 12.0. The fourth-order valence-corrected chi connectivity index (χ4v) is 2.61. The third kappa shape index (κ3) is 6.25. The van der Waals surface area contributed by atoms with Crippen LogP contribution in [-0.4, -0.2) is 12.5 Å². The minimum atomic E-state index is -0.0816. The quantitative estimate of drug-likeness (QED) is 0.745. The molecule has 0 spiro atoms. The summed E-state index contributed by atoms with van der Waals surface area (Å²) in [7, 11) is 0. The summed E-state index contributed by atoms with van der Waals surface area (Å²) >= 11 is 11.9. The van der Waals surface area contributed by atoms with Crippen LogP contribution in [0.25, 0.3) is 0 Å². The number of halogens is 2. The number of carbonyl (C=O) groups is 1. The maximum absolute atomic E-state index is 12.0. The highest BCUT2D eigenvalue weighted by atomic mass is 35.5. The molecule has 2 atom stereocenters. The molecule has 118 valence electrons. The van der Waals surface area contributed by atoms with Crippen LogP contribution in [0.3, 0.4) is 0 Å². The van der Waals surface area contributed by atoms with Crippen LogP contribution in [0, 0.1) is 5.92 Å². The molecule has 0 heterocycles. The van der Waals surface area contributed by atoms with Crippen molar-refractivity contribution < 1.29 is 4.79 Å². The molecule has 21 heavy (non-hydrogen) atoms. The van der Waals surface area contributed by atoms with E-state index in [0.29, 0.717) is 28.9 Å². The molecule has 3 nitrogen and oxygen atoms in total. The third-order valence-corrected chi connectivity index (χ3v) is 4.49. The summed E-state index contributed by atoms with van der Waals surface area (Å²) in [6, 6.07) is 5.33. The van der Waals surface area contributed by atoms with Gasteiger partial charge in [0.15, 0.2) is 0 Å². The van der Waals surface area contributed by atoms with E-state index in [0.717, 1.165) is 24.8 Å². The molecule has 0 aliphatic carbocycles. The molecule has 0 saturated heterocycles. The Bertz CT molecular complexity index is 466. The van der Waals surface area contributed by atoms with E-state index in [1.54, 1.807) is 12.1 Å². The summed E-state index contributed by atoms with van der Waals surface area (Å²) in [5.41, 5.74) is 6.52. The van der Waals surface area contributed by atoms with Crippen LogP contribution in [0.4, 0.5) is 0 Å². The summed E-state index contributed by atoms with van der Waals surface area (Å²) < 4.78 is 0. The smallest absolute Gasteiger partial charge is 0.220 e. The van der Waals surface area contributed by atoms with Crippen molar-refractivity contribution in [2.24, 2.45) is 11.7 Å². The van der Waals surface area contributed by atoms with Gasteiger partial charge in [0.2, 0.25) is 5.91 Å². The first-order chi connectivity index (χ1) is 9.97. The van der Waals surface area contributed by atoms with Gasteiger partial charge in [-0.2, -0.15) is 0 Å². The molecule has 5 heteroatoms. The van der Waals surface area contributed by atoms with Crippen molar-refractivity contribution in [3.8, 4) is 0 Å². The van der Waals surface area contributed by atoms with Crippen LogP contribution in [-0.2, 0) is 4.79 Å². The molecular formula is C16H24Cl2N2O. The minimum absolute atomic E-state index is 0.0593. The van der Waals surface area contributed by atoms with Crippen molar-refractivity contribution in [3.63, 3.8) is 0 Å². The van der Waals surface area contributed by atoms with E-state index in [2.05, 4.69) is 12.2 Å². The van der Waals surface area contributed by atoms with Gasteiger partial charge in [0.05, 0.1) is 16.1 Å². The van der Waals surface area contributed by atoms with Crippen LogP contribution in [0.5, 0.6) is 0 Å². The molecule has 1 aromatic rings. The van der Waals surface area contributed by atoms with Gasteiger partial charge in [0.1, 0.15) is 0 Å². The summed E-state index contributed by atoms with van der Waals surface area (Å²) in [5, 5.41) is 4.02. The molecule has 1 amide bonds. The van der Waals surface area contributed by atoms with E-state index in [-0.39, 0.29) is 11.9 Å². The Hall–Kier alpha value is -0.770. The van der Waals surface area contributed by atoms with E-state index in [4.69, 9.17) is 28.9 Å². The Kier molecular flexibility index (Phi) is 8.09. The highest BCUT2D eigenvalue weighted by Gasteiger charge is 2.13. The molecule has 0 saturated carbocycles. The molecule has 0 radical (unpaired) electrons. The molecule has 0 fully saturated rings. The normalized spacial score (nSPS) is 13.8. The summed E-state index contributed by atoms with van der Waals surface area (Å²) in [6.45, 7) is 4.75. The van der Waals surface area contributed by atoms with Crippen molar-refractivity contribution in [2.75, 3.05) is 6.54 Å². The second kappa shape index (κ2) is 9.29. The number of nitrogens with two attached hydrogens (primary N) is 1. The Labute approximate surface area is 137 Å². The molecule has 1 aromatic carbocycles. The summed E-state index contributed by atoms with van der Waals surface area (Å²) in [5.74, 6) is 0.588. The Balaban J connectivity index is 2.48. The summed E-state index contributed by atoms with van der Waals surface area (Å²) in [6.07, 6.45) is 3.46. The van der Waals surface area contributed by atoms with Crippen LogP contribution >= 0.6 is 23.2 Å². The van der Waals surface area contributed by atoms with Gasteiger partial charge in [-0.1, -0.05) is 42.6 Å². The predicted octanol–water partition coefficient (Wildman–Crippen LogP) is 4.33. The topological polar surface area (TPSA) is 55.1 Å². The first kappa shape index (κ1) is 18.3. The number of benzene rings is 1. The second-order valence-electron chi connectivity index (χ2n) is 5.35. The molecule has 0 aliphatic heterocycles. The Morgan fingerprint density at radius 3 is 2.57 bits per heavy atom. The highest BCUT2D eigenvalue weighted by Crippen LogP contribution is 2.25. The standard InChI is InChI=1S/C16H24Cl2N2O/c1-3-12(8-9-19)4-7-16(21)20-11(2)13-5-6-14(17)15(18)10-13/h5-6,10-12H,3-4,7-9,19H2,1-2H3,(H,20,21). The van der Waals surface area contributed by atoms with Gasteiger partial charge in [-0.3, -0.25) is 4.79 Å². The van der Waals surface area contributed by atoms with Gasteiger partial charge in [-0.15, -0.1) is 0 Å².